The number of aryl methyl sites for hydroxylation is 1. The molecule has 2 aromatic rings. The number of pyridine rings is 1. The Bertz CT molecular complexity index is 657. The fourth-order valence-corrected chi connectivity index (χ4v) is 1.89. The average molecular weight is 288 g/mol. The molecule has 0 amide bonds. The monoisotopic (exact) mass is 288 g/mol. The lowest BCUT2D eigenvalue weighted by Crippen LogP contribution is -2.04. The fraction of sp³-hybridized carbons (Fsp3) is 0.312. The maximum Gasteiger partial charge on any atom is 0.240 e. The summed E-state index contributed by atoms with van der Waals surface area (Å²) in [5, 5.41) is 0. The van der Waals surface area contributed by atoms with Crippen molar-refractivity contribution >= 4 is 5.69 Å². The van der Waals surface area contributed by atoms with Gasteiger partial charge in [0.1, 0.15) is 11.6 Å². The highest BCUT2D eigenvalue weighted by Crippen LogP contribution is 2.31. The third-order valence-corrected chi connectivity index (χ3v) is 3.37. The molecule has 1 fully saturated rings. The molecule has 1 saturated carbocycles. The van der Waals surface area contributed by atoms with E-state index in [9.17, 15) is 4.39 Å². The number of anilines is 1. The second-order valence-electron chi connectivity index (χ2n) is 5.31. The molecule has 0 spiro atoms. The van der Waals surface area contributed by atoms with Crippen LogP contribution in [-0.2, 0) is 0 Å². The van der Waals surface area contributed by atoms with Crippen molar-refractivity contribution in [1.29, 1.82) is 0 Å². The van der Waals surface area contributed by atoms with Crippen LogP contribution < -0.4 is 15.2 Å². The first kappa shape index (κ1) is 13.7. The van der Waals surface area contributed by atoms with Gasteiger partial charge in [0.05, 0.1) is 12.3 Å². The minimum absolute atomic E-state index is 0.263. The number of nitrogens with zero attached hydrogens (tertiary/aromatic N) is 1. The molecular formula is C16H17FN2O2. The molecule has 2 N–H and O–H groups in total. The maximum absolute atomic E-state index is 13.2. The van der Waals surface area contributed by atoms with Gasteiger partial charge in [-0.1, -0.05) is 0 Å². The Morgan fingerprint density at radius 2 is 2.10 bits per heavy atom. The van der Waals surface area contributed by atoms with Gasteiger partial charge in [0, 0.05) is 6.07 Å². The number of rotatable bonds is 5. The molecule has 0 saturated heterocycles. The molecule has 1 aliphatic rings. The fourth-order valence-electron chi connectivity index (χ4n) is 1.89. The summed E-state index contributed by atoms with van der Waals surface area (Å²) in [6.45, 7) is 2.32. The van der Waals surface area contributed by atoms with Crippen LogP contribution in [0.25, 0.3) is 0 Å². The molecule has 0 unspecified atom stereocenters. The Morgan fingerprint density at radius 1 is 1.29 bits per heavy atom. The highest BCUT2D eigenvalue weighted by atomic mass is 19.1. The van der Waals surface area contributed by atoms with Crippen molar-refractivity contribution in [2.45, 2.75) is 19.8 Å². The molecule has 1 heterocycles. The van der Waals surface area contributed by atoms with Crippen LogP contribution in [0.1, 0.15) is 18.4 Å². The van der Waals surface area contributed by atoms with Crippen LogP contribution in [0.2, 0.25) is 0 Å². The topological polar surface area (TPSA) is 57.4 Å². The van der Waals surface area contributed by atoms with Crippen LogP contribution in [0, 0.1) is 18.7 Å². The van der Waals surface area contributed by atoms with Crippen molar-refractivity contribution in [2.75, 3.05) is 12.3 Å². The van der Waals surface area contributed by atoms with E-state index in [-0.39, 0.29) is 5.82 Å². The van der Waals surface area contributed by atoms with Gasteiger partial charge in [0.15, 0.2) is 0 Å². The van der Waals surface area contributed by atoms with Crippen molar-refractivity contribution in [3.8, 4) is 17.5 Å². The third-order valence-electron chi connectivity index (χ3n) is 3.37. The van der Waals surface area contributed by atoms with Gasteiger partial charge in [0.25, 0.3) is 0 Å². The number of aromatic nitrogens is 1. The second-order valence-corrected chi connectivity index (χ2v) is 5.31. The first-order valence-corrected chi connectivity index (χ1v) is 6.95. The predicted molar refractivity (Wildman–Crippen MR) is 78.1 cm³/mol. The number of nitrogens with two attached hydrogens (primary N) is 1. The third kappa shape index (κ3) is 3.42. The minimum atomic E-state index is -0.263. The smallest absolute Gasteiger partial charge is 0.240 e. The summed E-state index contributed by atoms with van der Waals surface area (Å²) >= 11 is 0. The summed E-state index contributed by atoms with van der Waals surface area (Å²) in [5.41, 5.74) is 6.85. The van der Waals surface area contributed by atoms with Crippen LogP contribution in [0.15, 0.2) is 30.3 Å². The van der Waals surface area contributed by atoms with E-state index < -0.39 is 0 Å². The molecule has 5 heteroatoms. The lowest BCUT2D eigenvalue weighted by molar-refractivity contribution is 0.286. The van der Waals surface area contributed by atoms with Gasteiger partial charge in [0.2, 0.25) is 11.8 Å². The highest BCUT2D eigenvalue weighted by Gasteiger charge is 2.22. The average Bonchev–Trinajstić information content (AvgIpc) is 3.28. The van der Waals surface area contributed by atoms with Crippen LogP contribution in [0.3, 0.4) is 0 Å². The van der Waals surface area contributed by atoms with Gasteiger partial charge in [-0.15, -0.1) is 0 Å². The Kier molecular flexibility index (Phi) is 3.64. The van der Waals surface area contributed by atoms with E-state index in [4.69, 9.17) is 15.2 Å². The van der Waals surface area contributed by atoms with Crippen LogP contribution in [0.5, 0.6) is 17.5 Å². The predicted octanol–water partition coefficient (Wildman–Crippen LogP) is 3.69. The Hall–Kier alpha value is -2.30. The summed E-state index contributed by atoms with van der Waals surface area (Å²) in [6, 6.07) is 7.91. The van der Waals surface area contributed by atoms with E-state index in [1.807, 2.05) is 0 Å². The molecule has 1 aromatic carbocycles. The molecule has 4 nitrogen and oxygen atoms in total. The molecular weight excluding hydrogens is 271 g/mol. The molecule has 110 valence electrons. The molecule has 1 aromatic heterocycles. The van der Waals surface area contributed by atoms with Crippen molar-refractivity contribution in [3.05, 3.63) is 41.7 Å². The number of ether oxygens (including phenoxy) is 2. The highest BCUT2D eigenvalue weighted by molar-refractivity contribution is 5.49. The largest absolute Gasteiger partial charge is 0.476 e. The Balaban J connectivity index is 1.74. The van der Waals surface area contributed by atoms with E-state index in [1.165, 1.54) is 18.9 Å². The van der Waals surface area contributed by atoms with Crippen molar-refractivity contribution in [2.24, 2.45) is 5.92 Å². The standard InChI is InChI=1S/C16H17FN2O2/c1-10-8-12(4-5-13(10)17)21-15-7-6-14(18)16(19-15)20-9-11-2-3-11/h4-8,11H,2-3,9,18H2,1H3. The van der Waals surface area contributed by atoms with E-state index in [1.54, 1.807) is 31.2 Å². The molecule has 21 heavy (non-hydrogen) atoms. The normalized spacial score (nSPS) is 14.0. The number of nitrogen functional groups attached to an aromatic ring is 1. The van der Waals surface area contributed by atoms with E-state index in [0.717, 1.165) is 0 Å². The van der Waals surface area contributed by atoms with Crippen LogP contribution >= 0.6 is 0 Å². The number of halogens is 1. The van der Waals surface area contributed by atoms with Crippen molar-refractivity contribution < 1.29 is 13.9 Å². The summed E-state index contributed by atoms with van der Waals surface area (Å²) in [4.78, 5) is 4.26. The van der Waals surface area contributed by atoms with Gasteiger partial charge < -0.3 is 15.2 Å². The molecule has 0 aliphatic heterocycles. The molecule has 0 radical (unpaired) electrons. The Labute approximate surface area is 122 Å². The number of hydrogen-bond acceptors (Lipinski definition) is 4. The second kappa shape index (κ2) is 5.60. The number of benzene rings is 1. The minimum Gasteiger partial charge on any atom is -0.476 e. The summed E-state index contributed by atoms with van der Waals surface area (Å²) in [5.74, 6) is 1.65. The van der Waals surface area contributed by atoms with Crippen LogP contribution in [0.4, 0.5) is 10.1 Å². The van der Waals surface area contributed by atoms with Gasteiger partial charge in [-0.3, -0.25) is 0 Å². The van der Waals surface area contributed by atoms with E-state index >= 15 is 0 Å². The number of hydrogen-bond donors (Lipinski definition) is 1. The molecule has 3 rings (SSSR count). The first-order chi connectivity index (χ1) is 10.1. The van der Waals surface area contributed by atoms with Gasteiger partial charge in [-0.05, 0) is 55.5 Å². The van der Waals surface area contributed by atoms with Gasteiger partial charge in [-0.2, -0.15) is 4.98 Å². The zero-order chi connectivity index (χ0) is 14.8. The SMILES string of the molecule is Cc1cc(Oc2ccc(N)c(OCC3CC3)n2)ccc1F. The van der Waals surface area contributed by atoms with Gasteiger partial charge in [-0.25, -0.2) is 4.39 Å². The molecule has 0 atom stereocenters. The summed E-state index contributed by atoms with van der Waals surface area (Å²) < 4.78 is 24.5. The lowest BCUT2D eigenvalue weighted by atomic mass is 10.2. The first-order valence-electron chi connectivity index (χ1n) is 6.95. The van der Waals surface area contributed by atoms with E-state index in [2.05, 4.69) is 4.98 Å². The lowest BCUT2D eigenvalue weighted by Gasteiger charge is -2.10. The summed E-state index contributed by atoms with van der Waals surface area (Å²) in [6.07, 6.45) is 2.40. The zero-order valence-corrected chi connectivity index (χ0v) is 11.8. The van der Waals surface area contributed by atoms with Crippen molar-refractivity contribution in [3.63, 3.8) is 0 Å². The van der Waals surface area contributed by atoms with Gasteiger partial charge >= 0.3 is 0 Å². The van der Waals surface area contributed by atoms with Crippen LogP contribution in [-0.4, -0.2) is 11.6 Å². The molecule has 1 aliphatic carbocycles. The zero-order valence-electron chi connectivity index (χ0n) is 11.8. The maximum atomic E-state index is 13.2. The molecule has 0 bridgehead atoms. The van der Waals surface area contributed by atoms with Crippen molar-refractivity contribution in [1.82, 2.24) is 4.98 Å². The summed E-state index contributed by atoms with van der Waals surface area (Å²) in [7, 11) is 0. The Morgan fingerprint density at radius 3 is 2.81 bits per heavy atom. The quantitative estimate of drug-likeness (QED) is 0.911. The van der Waals surface area contributed by atoms with E-state index in [0.29, 0.717) is 41.3 Å².